The summed E-state index contributed by atoms with van der Waals surface area (Å²) in [7, 11) is 1.82. The summed E-state index contributed by atoms with van der Waals surface area (Å²) in [6.07, 6.45) is 3.47. The van der Waals surface area contributed by atoms with Crippen LogP contribution in [0.2, 0.25) is 5.02 Å². The molecule has 0 saturated heterocycles. The van der Waals surface area contributed by atoms with Gasteiger partial charge >= 0.3 is 0 Å². The van der Waals surface area contributed by atoms with Gasteiger partial charge in [-0.1, -0.05) is 54.1 Å². The van der Waals surface area contributed by atoms with Gasteiger partial charge in [0, 0.05) is 23.8 Å². The van der Waals surface area contributed by atoms with E-state index < -0.39 is 0 Å². The lowest BCUT2D eigenvalue weighted by Gasteiger charge is -2.09. The summed E-state index contributed by atoms with van der Waals surface area (Å²) in [5.41, 5.74) is 5.18. The number of amides is 1. The van der Waals surface area contributed by atoms with Crippen molar-refractivity contribution >= 4 is 34.2 Å². The molecule has 0 saturated carbocycles. The zero-order valence-corrected chi connectivity index (χ0v) is 18.9. The molecule has 0 atom stereocenters. The second-order valence-corrected chi connectivity index (χ2v) is 8.27. The van der Waals surface area contributed by atoms with Gasteiger partial charge in [-0.05, 0) is 30.7 Å². The Morgan fingerprint density at radius 2 is 1.85 bits per heavy atom. The van der Waals surface area contributed by atoms with Gasteiger partial charge in [0.2, 0.25) is 0 Å². The molecular formula is C25H21ClN6O. The lowest BCUT2D eigenvalue weighted by Crippen LogP contribution is -2.13. The summed E-state index contributed by atoms with van der Waals surface area (Å²) in [6, 6.07) is 19.2. The molecule has 0 radical (unpaired) electrons. The SMILES string of the molecule is Cc1nn(C)c2nc(-c3ccc(Cl)cc3)cc(C(=O)Nc3cnn(Cc4ccccc4)c3)c12. The smallest absolute Gasteiger partial charge is 0.256 e. The minimum absolute atomic E-state index is 0.243. The first-order valence-corrected chi connectivity index (χ1v) is 10.8. The maximum absolute atomic E-state index is 13.4. The Morgan fingerprint density at radius 1 is 1.09 bits per heavy atom. The number of anilines is 1. The highest BCUT2D eigenvalue weighted by Crippen LogP contribution is 2.28. The van der Waals surface area contributed by atoms with Crippen LogP contribution < -0.4 is 5.32 Å². The Hall–Kier alpha value is -3.97. The molecule has 5 rings (SSSR count). The van der Waals surface area contributed by atoms with E-state index in [1.807, 2.05) is 62.6 Å². The molecule has 0 unspecified atom stereocenters. The molecular weight excluding hydrogens is 436 g/mol. The number of nitrogens with one attached hydrogen (secondary N) is 1. The van der Waals surface area contributed by atoms with Gasteiger partial charge in [-0.3, -0.25) is 14.2 Å². The highest BCUT2D eigenvalue weighted by atomic mass is 35.5. The van der Waals surface area contributed by atoms with Gasteiger partial charge in [-0.2, -0.15) is 10.2 Å². The van der Waals surface area contributed by atoms with E-state index in [1.54, 1.807) is 33.8 Å². The molecule has 3 aromatic heterocycles. The molecule has 33 heavy (non-hydrogen) atoms. The Labute approximate surface area is 195 Å². The number of aryl methyl sites for hydroxylation is 2. The van der Waals surface area contributed by atoms with Crippen molar-refractivity contribution in [3.63, 3.8) is 0 Å². The maximum atomic E-state index is 13.4. The summed E-state index contributed by atoms with van der Waals surface area (Å²) >= 11 is 6.04. The zero-order chi connectivity index (χ0) is 22.9. The first-order valence-electron chi connectivity index (χ1n) is 10.5. The monoisotopic (exact) mass is 456 g/mol. The first kappa shape index (κ1) is 20.9. The molecule has 5 aromatic rings. The number of hydrogen-bond donors (Lipinski definition) is 1. The Kier molecular flexibility index (Phi) is 5.40. The van der Waals surface area contributed by atoms with Crippen molar-refractivity contribution in [2.24, 2.45) is 7.05 Å². The fourth-order valence-electron chi connectivity index (χ4n) is 3.88. The van der Waals surface area contributed by atoms with Crippen molar-refractivity contribution in [2.45, 2.75) is 13.5 Å². The van der Waals surface area contributed by atoms with Crippen LogP contribution in [0.3, 0.4) is 0 Å². The predicted molar refractivity (Wildman–Crippen MR) is 129 cm³/mol. The summed E-state index contributed by atoms with van der Waals surface area (Å²) in [5.74, 6) is -0.243. The van der Waals surface area contributed by atoms with Gasteiger partial charge in [-0.15, -0.1) is 0 Å². The minimum Gasteiger partial charge on any atom is -0.319 e. The standard InChI is InChI=1S/C25H21ClN6O/c1-16-23-21(12-22(29-24(23)31(2)30-16)18-8-10-19(26)11-9-18)25(33)28-20-13-27-32(15-20)14-17-6-4-3-5-7-17/h3-13,15H,14H2,1-2H3,(H,28,33). The Morgan fingerprint density at radius 3 is 2.61 bits per heavy atom. The van der Waals surface area contributed by atoms with Gasteiger partial charge in [0.25, 0.3) is 5.91 Å². The summed E-state index contributed by atoms with van der Waals surface area (Å²) in [6.45, 7) is 2.50. The van der Waals surface area contributed by atoms with Gasteiger partial charge in [0.05, 0.1) is 40.8 Å². The summed E-state index contributed by atoms with van der Waals surface area (Å²) < 4.78 is 3.49. The van der Waals surface area contributed by atoms with Crippen LogP contribution in [0.4, 0.5) is 5.69 Å². The number of carbonyl (C=O) groups is 1. The highest BCUT2D eigenvalue weighted by Gasteiger charge is 2.20. The van der Waals surface area contributed by atoms with Gasteiger partial charge < -0.3 is 5.32 Å². The fourth-order valence-corrected chi connectivity index (χ4v) is 4.00. The van der Waals surface area contributed by atoms with E-state index in [0.29, 0.717) is 34.2 Å². The number of benzene rings is 2. The molecule has 164 valence electrons. The highest BCUT2D eigenvalue weighted by molar-refractivity contribution is 6.30. The summed E-state index contributed by atoms with van der Waals surface area (Å²) in [5, 5.41) is 13.2. The fraction of sp³-hybridized carbons (Fsp3) is 0.120. The second-order valence-electron chi connectivity index (χ2n) is 7.84. The van der Waals surface area contributed by atoms with Crippen molar-refractivity contribution in [2.75, 3.05) is 5.32 Å². The van der Waals surface area contributed by atoms with Gasteiger partial charge in [0.15, 0.2) is 5.65 Å². The molecule has 0 spiro atoms. The third-order valence-corrected chi connectivity index (χ3v) is 5.68. The third kappa shape index (κ3) is 4.23. The molecule has 0 bridgehead atoms. The van der Waals surface area contributed by atoms with Crippen LogP contribution >= 0.6 is 11.6 Å². The van der Waals surface area contributed by atoms with E-state index in [0.717, 1.165) is 22.2 Å². The van der Waals surface area contributed by atoms with Crippen LogP contribution in [-0.2, 0) is 13.6 Å². The van der Waals surface area contributed by atoms with Crippen LogP contribution in [0, 0.1) is 6.92 Å². The quantitative estimate of drug-likeness (QED) is 0.399. The second kappa shape index (κ2) is 8.52. The van der Waals surface area contributed by atoms with Crippen LogP contribution in [0.1, 0.15) is 21.6 Å². The van der Waals surface area contributed by atoms with Crippen molar-refractivity contribution < 1.29 is 4.79 Å². The minimum atomic E-state index is -0.243. The number of carbonyl (C=O) groups excluding carboxylic acids is 1. The maximum Gasteiger partial charge on any atom is 0.256 e. The van der Waals surface area contributed by atoms with Crippen LogP contribution in [-0.4, -0.2) is 30.5 Å². The Balaban J connectivity index is 1.48. The zero-order valence-electron chi connectivity index (χ0n) is 18.2. The van der Waals surface area contributed by atoms with E-state index in [9.17, 15) is 4.79 Å². The van der Waals surface area contributed by atoms with Gasteiger partial charge in [-0.25, -0.2) is 4.98 Å². The lowest BCUT2D eigenvalue weighted by atomic mass is 10.0. The van der Waals surface area contributed by atoms with Crippen molar-refractivity contribution in [1.82, 2.24) is 24.5 Å². The Bertz CT molecular complexity index is 1450. The van der Waals surface area contributed by atoms with E-state index in [4.69, 9.17) is 16.6 Å². The van der Waals surface area contributed by atoms with Crippen molar-refractivity contribution in [3.8, 4) is 11.3 Å². The molecule has 1 N–H and O–H groups in total. The van der Waals surface area contributed by atoms with Crippen molar-refractivity contribution in [3.05, 3.63) is 94.9 Å². The van der Waals surface area contributed by atoms with E-state index in [2.05, 4.69) is 15.5 Å². The van der Waals surface area contributed by atoms with E-state index >= 15 is 0 Å². The molecule has 0 aliphatic rings. The average molecular weight is 457 g/mol. The van der Waals surface area contributed by atoms with Gasteiger partial charge in [0.1, 0.15) is 0 Å². The average Bonchev–Trinajstić information content (AvgIpc) is 3.37. The van der Waals surface area contributed by atoms with Crippen LogP contribution in [0.5, 0.6) is 0 Å². The number of rotatable bonds is 5. The topological polar surface area (TPSA) is 77.6 Å². The van der Waals surface area contributed by atoms with E-state index in [-0.39, 0.29) is 5.91 Å². The van der Waals surface area contributed by atoms with E-state index in [1.165, 1.54) is 0 Å². The number of hydrogen-bond acceptors (Lipinski definition) is 4. The molecule has 0 fully saturated rings. The summed E-state index contributed by atoms with van der Waals surface area (Å²) in [4.78, 5) is 18.1. The molecule has 8 heteroatoms. The third-order valence-electron chi connectivity index (χ3n) is 5.43. The largest absolute Gasteiger partial charge is 0.319 e. The number of fused-ring (bicyclic) bond motifs is 1. The molecule has 2 aromatic carbocycles. The number of pyridine rings is 1. The lowest BCUT2D eigenvalue weighted by molar-refractivity contribution is 0.102. The molecule has 0 aliphatic carbocycles. The number of aromatic nitrogens is 5. The van der Waals surface area contributed by atoms with Crippen molar-refractivity contribution in [1.29, 1.82) is 0 Å². The van der Waals surface area contributed by atoms with Crippen LogP contribution in [0.25, 0.3) is 22.3 Å². The number of nitrogens with zero attached hydrogens (tertiary/aromatic N) is 5. The molecule has 3 heterocycles. The molecule has 1 amide bonds. The number of halogens is 1. The normalized spacial score (nSPS) is 11.1. The molecule has 0 aliphatic heterocycles. The first-order chi connectivity index (χ1) is 16.0. The molecule has 7 nitrogen and oxygen atoms in total. The van der Waals surface area contributed by atoms with Crippen LogP contribution in [0.15, 0.2) is 73.1 Å². The predicted octanol–water partition coefficient (Wildman–Crippen LogP) is 5.09.